The maximum atomic E-state index is 13.7. The van der Waals surface area contributed by atoms with Gasteiger partial charge in [0.05, 0.1) is 18.8 Å². The monoisotopic (exact) mass is 555 g/mol. The first-order valence-electron chi connectivity index (χ1n) is 12.9. The number of carbonyl (C=O) groups is 2. The molecule has 38 heavy (non-hydrogen) atoms. The highest BCUT2D eigenvalue weighted by atomic mass is 32.2. The summed E-state index contributed by atoms with van der Waals surface area (Å²) in [4.78, 5) is 33.3. The van der Waals surface area contributed by atoms with Crippen molar-refractivity contribution in [2.75, 3.05) is 40.0 Å². The van der Waals surface area contributed by atoms with Crippen LogP contribution in [0, 0.1) is 0 Å². The van der Waals surface area contributed by atoms with Gasteiger partial charge in [-0.1, -0.05) is 0 Å². The standard InChI is InChI=1S/C24H37N5O8S/c1-16(2)27-10-8-18(9-11-27)37-21-7-5-19(14-25-21)38(33,34)28-15-17-4-6-20(22(28)23(30)26-32)29(17)24(31)36-13-12-35-3/h5,7,14,16-18,20,22,32H,4,6,8-13,15H2,1-3H3,(H,26,30)/t17-,20+,22-/m1/s1. The van der Waals surface area contributed by atoms with Gasteiger partial charge >= 0.3 is 6.09 Å². The number of hydrogen-bond acceptors (Lipinski definition) is 10. The van der Waals surface area contributed by atoms with Gasteiger partial charge in [-0.05, 0) is 45.6 Å². The van der Waals surface area contributed by atoms with E-state index in [4.69, 9.17) is 14.2 Å². The molecule has 0 spiro atoms. The van der Waals surface area contributed by atoms with E-state index in [1.54, 1.807) is 5.48 Å². The molecule has 2 bridgehead atoms. The second-order valence-electron chi connectivity index (χ2n) is 10.1. The molecule has 212 valence electrons. The quantitative estimate of drug-likeness (QED) is 0.255. The average Bonchev–Trinajstić information content (AvgIpc) is 3.22. The van der Waals surface area contributed by atoms with Crippen LogP contribution in [0.1, 0.15) is 39.5 Å². The van der Waals surface area contributed by atoms with Crippen LogP contribution in [0.2, 0.25) is 0 Å². The Kier molecular flexibility index (Phi) is 9.08. The van der Waals surface area contributed by atoms with Gasteiger partial charge in [-0.3, -0.25) is 14.9 Å². The van der Waals surface area contributed by atoms with Gasteiger partial charge < -0.3 is 19.1 Å². The van der Waals surface area contributed by atoms with Gasteiger partial charge in [-0.15, -0.1) is 0 Å². The SMILES string of the molecule is COCCOC(=O)N1[C@@H]2CC[C@H]1[C@H](C(=O)NO)N(S(=O)(=O)c1ccc(OC3CCN(C(C)C)CC3)nc1)C2. The predicted molar refractivity (Wildman–Crippen MR) is 134 cm³/mol. The highest BCUT2D eigenvalue weighted by Crippen LogP contribution is 2.38. The molecule has 2 N–H and O–H groups in total. The van der Waals surface area contributed by atoms with Crippen molar-refractivity contribution in [1.29, 1.82) is 0 Å². The molecule has 4 rings (SSSR count). The van der Waals surface area contributed by atoms with Crippen LogP contribution in [0.3, 0.4) is 0 Å². The highest BCUT2D eigenvalue weighted by Gasteiger charge is 2.55. The summed E-state index contributed by atoms with van der Waals surface area (Å²) in [7, 11) is -2.71. The molecular weight excluding hydrogens is 518 g/mol. The van der Waals surface area contributed by atoms with Gasteiger partial charge in [-0.25, -0.2) is 23.7 Å². The maximum absolute atomic E-state index is 13.7. The fraction of sp³-hybridized carbons (Fsp3) is 0.708. The molecule has 3 atom stereocenters. The maximum Gasteiger partial charge on any atom is 0.410 e. The number of amides is 2. The number of pyridine rings is 1. The van der Waals surface area contributed by atoms with Crippen LogP contribution in [0.5, 0.6) is 5.88 Å². The first-order chi connectivity index (χ1) is 18.2. The first-order valence-corrected chi connectivity index (χ1v) is 14.4. The first kappa shape index (κ1) is 28.5. The van der Waals surface area contributed by atoms with Crippen molar-refractivity contribution in [3.8, 4) is 5.88 Å². The molecule has 13 nitrogen and oxygen atoms in total. The minimum Gasteiger partial charge on any atom is -0.474 e. The fourth-order valence-corrected chi connectivity index (χ4v) is 7.11. The van der Waals surface area contributed by atoms with Crippen LogP contribution < -0.4 is 10.2 Å². The zero-order valence-corrected chi connectivity index (χ0v) is 22.8. The summed E-state index contributed by atoms with van der Waals surface area (Å²) in [5.41, 5.74) is 1.56. The largest absolute Gasteiger partial charge is 0.474 e. The molecule has 3 aliphatic heterocycles. The lowest BCUT2D eigenvalue weighted by Crippen LogP contribution is -2.66. The van der Waals surface area contributed by atoms with E-state index in [9.17, 15) is 23.2 Å². The molecule has 0 aliphatic carbocycles. The van der Waals surface area contributed by atoms with Crippen molar-refractivity contribution in [1.82, 2.24) is 24.6 Å². The van der Waals surface area contributed by atoms with Crippen molar-refractivity contribution in [3.63, 3.8) is 0 Å². The van der Waals surface area contributed by atoms with Gasteiger partial charge in [0.15, 0.2) is 0 Å². The normalized spacial score (nSPS) is 25.0. The van der Waals surface area contributed by atoms with Crippen molar-refractivity contribution in [3.05, 3.63) is 18.3 Å². The van der Waals surface area contributed by atoms with E-state index >= 15 is 0 Å². The van der Waals surface area contributed by atoms with E-state index in [1.807, 2.05) is 0 Å². The lowest BCUT2D eigenvalue weighted by molar-refractivity contribution is -0.136. The van der Waals surface area contributed by atoms with Crippen LogP contribution in [-0.4, -0.2) is 115 Å². The number of piperidine rings is 1. The van der Waals surface area contributed by atoms with E-state index in [2.05, 4.69) is 23.7 Å². The smallest absolute Gasteiger partial charge is 0.410 e. The van der Waals surface area contributed by atoms with Crippen LogP contribution in [0.15, 0.2) is 23.2 Å². The molecule has 3 aliphatic rings. The lowest BCUT2D eigenvalue weighted by atomic mass is 10.1. The third-order valence-corrected chi connectivity index (χ3v) is 9.36. The summed E-state index contributed by atoms with van der Waals surface area (Å²) < 4.78 is 44.5. The van der Waals surface area contributed by atoms with Gasteiger partial charge in [-0.2, -0.15) is 4.31 Å². The average molecular weight is 556 g/mol. The lowest BCUT2D eigenvalue weighted by Gasteiger charge is -2.44. The third-order valence-electron chi connectivity index (χ3n) is 7.52. The molecule has 0 radical (unpaired) electrons. The topological polar surface area (TPSA) is 151 Å². The van der Waals surface area contributed by atoms with Crippen LogP contribution >= 0.6 is 0 Å². The van der Waals surface area contributed by atoms with E-state index in [0.717, 1.165) is 30.2 Å². The third kappa shape index (κ3) is 5.88. The number of likely N-dealkylation sites (tertiary alicyclic amines) is 1. The molecule has 0 aromatic carbocycles. The molecule has 4 heterocycles. The van der Waals surface area contributed by atoms with E-state index in [0.29, 0.717) is 24.8 Å². The van der Waals surface area contributed by atoms with Crippen molar-refractivity contribution in [2.45, 2.75) is 74.7 Å². The Labute approximate surface area is 223 Å². The van der Waals surface area contributed by atoms with Gasteiger partial charge in [0.25, 0.3) is 5.91 Å². The van der Waals surface area contributed by atoms with E-state index in [-0.39, 0.29) is 30.8 Å². The number of sulfonamides is 1. The minimum absolute atomic E-state index is 0.00457. The molecular formula is C24H37N5O8S. The molecule has 14 heteroatoms. The number of rotatable bonds is 9. The van der Waals surface area contributed by atoms with Crippen LogP contribution in [-0.2, 0) is 24.3 Å². The summed E-state index contributed by atoms with van der Waals surface area (Å²) in [5.74, 6) is -0.588. The number of hydroxylamine groups is 1. The Morgan fingerprint density at radius 2 is 1.89 bits per heavy atom. The Morgan fingerprint density at radius 3 is 2.50 bits per heavy atom. The molecule has 3 fully saturated rings. The van der Waals surface area contributed by atoms with Crippen molar-refractivity contribution < 1.29 is 37.4 Å². The molecule has 1 aromatic heterocycles. The molecule has 1 aromatic rings. The number of piperazine rings is 1. The zero-order chi connectivity index (χ0) is 27.4. The van der Waals surface area contributed by atoms with E-state index < -0.39 is 40.1 Å². The predicted octanol–water partition coefficient (Wildman–Crippen LogP) is 0.828. The zero-order valence-electron chi connectivity index (χ0n) is 22.0. The molecule has 0 saturated carbocycles. The number of ether oxygens (including phenoxy) is 3. The summed E-state index contributed by atoms with van der Waals surface area (Å²) in [6.07, 6.45) is 3.17. The Bertz CT molecular complexity index is 1080. The second kappa shape index (κ2) is 12.1. The van der Waals surface area contributed by atoms with Gasteiger partial charge in [0.1, 0.15) is 23.6 Å². The van der Waals surface area contributed by atoms with E-state index in [1.165, 1.54) is 30.3 Å². The number of carbonyl (C=O) groups excluding carboxylic acids is 2. The molecule has 3 saturated heterocycles. The number of methoxy groups -OCH3 is 1. The molecule has 0 unspecified atom stereocenters. The number of nitrogens with one attached hydrogen (secondary N) is 1. The minimum atomic E-state index is -4.19. The summed E-state index contributed by atoms with van der Waals surface area (Å²) in [5, 5.41) is 9.40. The summed E-state index contributed by atoms with van der Waals surface area (Å²) in [6, 6.07) is 0.801. The highest BCUT2D eigenvalue weighted by molar-refractivity contribution is 7.89. The molecule has 2 amide bonds. The Morgan fingerprint density at radius 1 is 1.16 bits per heavy atom. The van der Waals surface area contributed by atoms with Crippen molar-refractivity contribution >= 4 is 22.0 Å². The van der Waals surface area contributed by atoms with Gasteiger partial charge in [0.2, 0.25) is 15.9 Å². The number of hydrogen-bond donors (Lipinski definition) is 2. The van der Waals surface area contributed by atoms with Crippen LogP contribution in [0.4, 0.5) is 4.79 Å². The van der Waals surface area contributed by atoms with Crippen LogP contribution in [0.25, 0.3) is 0 Å². The number of fused-ring (bicyclic) bond motifs is 2. The summed E-state index contributed by atoms with van der Waals surface area (Å²) >= 11 is 0. The fourth-order valence-electron chi connectivity index (χ4n) is 5.51. The van der Waals surface area contributed by atoms with Crippen molar-refractivity contribution in [2.24, 2.45) is 0 Å². The number of nitrogens with zero attached hydrogens (tertiary/aromatic N) is 4. The van der Waals surface area contributed by atoms with Gasteiger partial charge in [0, 0.05) is 44.9 Å². The Balaban J connectivity index is 1.48. The number of aromatic nitrogens is 1. The summed E-state index contributed by atoms with van der Waals surface area (Å²) in [6.45, 7) is 6.30. The second-order valence-corrected chi connectivity index (χ2v) is 12.0. The Hall–Kier alpha value is -2.52.